The minimum absolute atomic E-state index is 0.0188. The highest BCUT2D eigenvalue weighted by Crippen LogP contribution is 2.41. The Morgan fingerprint density at radius 1 is 0.429 bits per heavy atom. The van der Waals surface area contributed by atoms with Gasteiger partial charge in [0.2, 0.25) is 0 Å². The van der Waals surface area contributed by atoms with Gasteiger partial charge >= 0.3 is 0 Å². The molecule has 8 aromatic carbocycles. The lowest BCUT2D eigenvalue weighted by Gasteiger charge is -2.10. The molecule has 0 radical (unpaired) electrons. The topological polar surface area (TPSA) is 51.8 Å². The van der Waals surface area contributed by atoms with Crippen molar-refractivity contribution in [3.63, 3.8) is 0 Å². The number of rotatable bonds is 6. The molecular weight excluding hydrogens is 703 g/mol. The second kappa shape index (κ2) is 13.3. The van der Waals surface area contributed by atoms with E-state index in [1.165, 1.54) is 0 Å². The van der Waals surface area contributed by atoms with Gasteiger partial charge in [0.25, 0.3) is 0 Å². The number of nitrogens with zero attached hydrogens (tertiary/aromatic N) is 3. The monoisotopic (exact) mass is 739 g/mol. The van der Waals surface area contributed by atoms with Crippen LogP contribution in [-0.2, 0) is 0 Å². The van der Waals surface area contributed by atoms with Crippen molar-refractivity contribution in [1.29, 1.82) is 0 Å². The standard InChI is InChI=1S/C51H31N3OS/c1-3-12-32(13-4-1)34-24-26-35(27-25-34)49-52-50(54-51(53-49)43-21-10-20-41-40-18-7-8-23-46(40)56-48(41)43)38-28-29-42-45(31-38)55-44-22-11-19-39(47(42)44)37-17-9-16-36(30-37)33-14-5-2-6-15-33/h1-31H/i11D,19D,22D,28D,29D,31D. The zero-order chi connectivity index (χ0) is 42.2. The Kier molecular flexibility index (Phi) is 6.29. The van der Waals surface area contributed by atoms with E-state index >= 15 is 0 Å². The molecule has 0 bridgehead atoms. The van der Waals surface area contributed by atoms with E-state index < -0.39 is 0 Å². The third-order valence-corrected chi connectivity index (χ3v) is 11.3. The smallest absolute Gasteiger partial charge is 0.165 e. The van der Waals surface area contributed by atoms with Crippen LogP contribution >= 0.6 is 11.3 Å². The fourth-order valence-electron chi connectivity index (χ4n) is 7.36. The largest absolute Gasteiger partial charge is 0.456 e. The number of furan rings is 1. The van der Waals surface area contributed by atoms with E-state index in [0.717, 1.165) is 48.0 Å². The summed E-state index contributed by atoms with van der Waals surface area (Å²) in [5, 5.41) is 2.52. The second-order valence-corrected chi connectivity index (χ2v) is 14.5. The van der Waals surface area contributed by atoms with Gasteiger partial charge in [0, 0.05) is 47.6 Å². The maximum atomic E-state index is 9.67. The van der Waals surface area contributed by atoms with Gasteiger partial charge < -0.3 is 4.42 Å². The summed E-state index contributed by atoms with van der Waals surface area (Å²) in [4.78, 5) is 14.9. The molecule has 11 aromatic rings. The number of fused-ring (bicyclic) bond motifs is 6. The Bertz CT molecular complexity index is 3590. The molecule has 0 fully saturated rings. The summed E-state index contributed by atoms with van der Waals surface area (Å²) in [5.41, 5.74) is 6.11. The van der Waals surface area contributed by atoms with Crippen molar-refractivity contribution >= 4 is 53.4 Å². The third-order valence-electron chi connectivity index (χ3n) is 10.1. The van der Waals surface area contributed by atoms with Crippen molar-refractivity contribution in [1.82, 2.24) is 15.0 Å². The van der Waals surface area contributed by atoms with Crippen molar-refractivity contribution in [2.24, 2.45) is 0 Å². The van der Waals surface area contributed by atoms with E-state index in [2.05, 4.69) is 18.2 Å². The molecule has 262 valence electrons. The van der Waals surface area contributed by atoms with Gasteiger partial charge in [-0.2, -0.15) is 0 Å². The zero-order valence-electron chi connectivity index (χ0n) is 35.6. The first kappa shape index (κ1) is 26.5. The Morgan fingerprint density at radius 2 is 1.05 bits per heavy atom. The maximum absolute atomic E-state index is 9.67. The van der Waals surface area contributed by atoms with Crippen LogP contribution < -0.4 is 0 Å². The average molecular weight is 740 g/mol. The summed E-state index contributed by atoms with van der Waals surface area (Å²) in [6.45, 7) is 0. The van der Waals surface area contributed by atoms with Crippen LogP contribution in [0.5, 0.6) is 0 Å². The van der Waals surface area contributed by atoms with Crippen molar-refractivity contribution in [3.8, 4) is 67.5 Å². The average Bonchev–Trinajstić information content (AvgIpc) is 3.91. The summed E-state index contributed by atoms with van der Waals surface area (Å²) in [7, 11) is 0. The molecule has 5 heteroatoms. The van der Waals surface area contributed by atoms with Crippen molar-refractivity contribution in [2.75, 3.05) is 0 Å². The van der Waals surface area contributed by atoms with Gasteiger partial charge in [-0.05, 0) is 69.7 Å². The summed E-state index contributed by atoms with van der Waals surface area (Å²) in [6, 6.07) is 47.7. The third kappa shape index (κ3) is 5.56. The van der Waals surface area contributed by atoms with Crippen LogP contribution in [0.25, 0.3) is 110 Å². The number of benzene rings is 8. The molecule has 0 saturated heterocycles. The van der Waals surface area contributed by atoms with Crippen molar-refractivity contribution < 1.29 is 12.6 Å². The highest BCUT2D eigenvalue weighted by Gasteiger charge is 2.19. The number of thiophene rings is 1. The normalized spacial score (nSPS) is 13.1. The van der Waals surface area contributed by atoms with E-state index in [1.807, 2.05) is 133 Å². The lowest BCUT2D eigenvalue weighted by atomic mass is 9.96. The quantitative estimate of drug-likeness (QED) is 0.170. The Balaban J connectivity index is 1.15. The van der Waals surface area contributed by atoms with E-state index in [9.17, 15) is 4.11 Å². The molecule has 11 rings (SSSR count). The summed E-state index contributed by atoms with van der Waals surface area (Å²) >= 11 is 1.63. The molecule has 0 amide bonds. The first-order valence-electron chi connectivity index (χ1n) is 21.2. The van der Waals surface area contributed by atoms with Crippen LogP contribution in [0.15, 0.2) is 192 Å². The van der Waals surface area contributed by atoms with Crippen molar-refractivity contribution in [3.05, 3.63) is 188 Å². The number of hydrogen-bond donors (Lipinski definition) is 0. The van der Waals surface area contributed by atoms with Gasteiger partial charge in [0.1, 0.15) is 11.2 Å². The van der Waals surface area contributed by atoms with Gasteiger partial charge in [0.05, 0.1) is 8.22 Å². The van der Waals surface area contributed by atoms with Crippen LogP contribution in [0.1, 0.15) is 8.22 Å². The molecule has 0 spiro atoms. The first-order valence-corrected chi connectivity index (χ1v) is 19.0. The van der Waals surface area contributed by atoms with Crippen LogP contribution in [-0.4, -0.2) is 15.0 Å². The highest BCUT2D eigenvalue weighted by atomic mass is 32.1. The molecule has 0 aliphatic carbocycles. The van der Waals surface area contributed by atoms with Gasteiger partial charge in [-0.3, -0.25) is 0 Å². The lowest BCUT2D eigenvalue weighted by molar-refractivity contribution is 0.669. The fraction of sp³-hybridized carbons (Fsp3) is 0. The Labute approximate surface area is 335 Å². The van der Waals surface area contributed by atoms with Crippen LogP contribution in [0.2, 0.25) is 0 Å². The molecule has 4 nitrogen and oxygen atoms in total. The first-order chi connectivity index (χ1) is 30.2. The van der Waals surface area contributed by atoms with Gasteiger partial charge in [0.15, 0.2) is 17.5 Å². The van der Waals surface area contributed by atoms with Gasteiger partial charge in [-0.15, -0.1) is 11.3 Å². The van der Waals surface area contributed by atoms with E-state index in [1.54, 1.807) is 11.3 Å². The molecule has 3 heterocycles. The molecule has 0 saturated carbocycles. The molecule has 0 atom stereocenters. The number of hydrogen-bond acceptors (Lipinski definition) is 5. The molecule has 0 aliphatic heterocycles. The Morgan fingerprint density at radius 3 is 1.88 bits per heavy atom. The maximum Gasteiger partial charge on any atom is 0.165 e. The minimum atomic E-state index is -0.346. The van der Waals surface area contributed by atoms with E-state index in [-0.39, 0.29) is 75.1 Å². The molecule has 0 N–H and O–H groups in total. The molecule has 3 aromatic heterocycles. The Hall–Kier alpha value is -7.21. The van der Waals surface area contributed by atoms with Crippen LogP contribution in [0.3, 0.4) is 0 Å². The SMILES string of the molecule is [2H]c1c([2H])c(-c2cccc(-c3ccccc3)c2)c2c(oc3c([2H])c(-c4nc(-c5ccc(-c6ccccc6)cc5)nc(-c5cccc6c5sc5ccccc56)n4)c([2H])c([2H])c32)c1[2H]. The highest BCUT2D eigenvalue weighted by molar-refractivity contribution is 7.26. The van der Waals surface area contributed by atoms with Crippen molar-refractivity contribution in [2.45, 2.75) is 0 Å². The van der Waals surface area contributed by atoms with Gasteiger partial charge in [-0.25, -0.2) is 15.0 Å². The molecular formula is C51H31N3OS. The predicted molar refractivity (Wildman–Crippen MR) is 233 cm³/mol. The minimum Gasteiger partial charge on any atom is -0.456 e. The molecule has 0 aliphatic rings. The second-order valence-electron chi connectivity index (χ2n) is 13.5. The lowest BCUT2D eigenvalue weighted by Crippen LogP contribution is -2.00. The van der Waals surface area contributed by atoms with Crippen LogP contribution in [0, 0.1) is 0 Å². The van der Waals surface area contributed by atoms with E-state index in [0.29, 0.717) is 22.8 Å². The predicted octanol–water partition coefficient (Wildman–Crippen LogP) is 14.1. The van der Waals surface area contributed by atoms with Crippen LogP contribution in [0.4, 0.5) is 0 Å². The fourth-order valence-corrected chi connectivity index (χ4v) is 8.58. The van der Waals surface area contributed by atoms with E-state index in [4.69, 9.17) is 23.5 Å². The number of aromatic nitrogens is 3. The summed E-state index contributed by atoms with van der Waals surface area (Å²) < 4.78 is 64.1. The molecule has 56 heavy (non-hydrogen) atoms. The van der Waals surface area contributed by atoms with Gasteiger partial charge in [-0.1, -0.05) is 152 Å². The molecule has 0 unspecified atom stereocenters. The summed E-state index contributed by atoms with van der Waals surface area (Å²) in [5.74, 6) is 0.686. The zero-order valence-corrected chi connectivity index (χ0v) is 30.4. The summed E-state index contributed by atoms with van der Waals surface area (Å²) in [6.07, 6.45) is 0.